The van der Waals surface area contributed by atoms with E-state index in [1.165, 1.54) is 191 Å². The highest BCUT2D eigenvalue weighted by atomic mass is 15.0. The van der Waals surface area contributed by atoms with Crippen LogP contribution in [0, 0.1) is 36.5 Å². The molecule has 23 rings (SSSR count). The lowest BCUT2D eigenvalue weighted by atomic mass is 9.92. The van der Waals surface area contributed by atoms with Crippen molar-refractivity contribution in [1.82, 2.24) is 17.8 Å². The maximum atomic E-state index is 9.37. The van der Waals surface area contributed by atoms with Gasteiger partial charge in [0.05, 0.1) is 83.9 Å². The van der Waals surface area contributed by atoms with Crippen LogP contribution >= 0.6 is 0 Å². The first kappa shape index (κ1) is 55.7. The number of aromatic nitrogens is 4. The van der Waals surface area contributed by atoms with Crippen LogP contribution in [0.3, 0.4) is 0 Å². The summed E-state index contributed by atoms with van der Waals surface area (Å²) in [6.45, 7) is 4.20. The molecule has 0 bridgehead atoms. The van der Waals surface area contributed by atoms with Crippen LogP contribution in [0.25, 0.3) is 196 Å². The van der Waals surface area contributed by atoms with E-state index in [9.17, 15) is 5.26 Å². The molecule has 0 aliphatic rings. The van der Waals surface area contributed by atoms with Crippen LogP contribution in [0.2, 0.25) is 0 Å². The van der Waals surface area contributed by atoms with Crippen molar-refractivity contribution in [3.05, 3.63) is 326 Å². The molecule has 100 heavy (non-hydrogen) atoms. The lowest BCUT2D eigenvalue weighted by Gasteiger charge is -2.11. The number of fused-ring (bicyclic) bond motifs is 27. The number of hydrogen-bond acceptors (Lipinski definition) is 2. The molecule has 6 nitrogen and oxygen atoms in total. The van der Waals surface area contributed by atoms with E-state index in [4.69, 9.17) is 5.26 Å². The van der Waals surface area contributed by atoms with E-state index in [0.29, 0.717) is 11.1 Å². The molecule has 462 valence electrons. The van der Waals surface area contributed by atoms with Crippen LogP contribution < -0.4 is 0 Å². The van der Waals surface area contributed by atoms with E-state index in [1.807, 2.05) is 36.4 Å². The highest BCUT2D eigenvalue weighted by Crippen LogP contribution is 2.48. The van der Waals surface area contributed by atoms with Gasteiger partial charge in [-0.3, -0.25) is 0 Å². The Morgan fingerprint density at radius 2 is 0.560 bits per heavy atom. The average molecular weight is 1270 g/mol. The predicted octanol–water partition coefficient (Wildman–Crippen LogP) is 24.8. The second kappa shape index (κ2) is 21.0. The summed E-state index contributed by atoms with van der Waals surface area (Å²) in [7, 11) is 0. The SMILES string of the molecule is Cc1cc(C#N)cc(C)c1-c1ccc2c(c1)c1c3ccccc3cc3c4ccccc4n2c31.N#Cc1ccc(-c2ccc3c(c2)c2c4ccccc4cc4c5ccccc5n3c42)cc1.c1ccc2c(c1)cc1c3ccccc3n3c4ccc(-n5c6ccccc6c6ccccc65)cc4c2c13. The lowest BCUT2D eigenvalue weighted by Crippen LogP contribution is -1.93. The summed E-state index contributed by atoms with van der Waals surface area (Å²) in [5.74, 6) is 0. The van der Waals surface area contributed by atoms with Gasteiger partial charge >= 0.3 is 0 Å². The Balaban J connectivity index is 0.0000000985. The van der Waals surface area contributed by atoms with Crippen LogP contribution in [-0.4, -0.2) is 17.8 Å². The molecule has 0 aliphatic carbocycles. The summed E-state index contributed by atoms with van der Waals surface area (Å²) in [6, 6.07) is 114. The summed E-state index contributed by atoms with van der Waals surface area (Å²) in [4.78, 5) is 0. The predicted molar refractivity (Wildman–Crippen MR) is 420 cm³/mol. The fourth-order valence-corrected chi connectivity index (χ4v) is 17.6. The van der Waals surface area contributed by atoms with Gasteiger partial charge in [0.25, 0.3) is 0 Å². The summed E-state index contributed by atoms with van der Waals surface area (Å²) in [5.41, 5.74) is 23.5. The Kier molecular flexibility index (Phi) is 11.7. The number of benzene rings is 16. The second-order valence-electron chi connectivity index (χ2n) is 27.0. The lowest BCUT2D eigenvalue weighted by molar-refractivity contribution is 1.18. The molecule has 16 aromatic carbocycles. The highest BCUT2D eigenvalue weighted by molar-refractivity contribution is 6.34. The molecular formula is C94H56N6. The molecule has 0 spiro atoms. The number of rotatable bonds is 3. The van der Waals surface area contributed by atoms with Crippen molar-refractivity contribution in [3.63, 3.8) is 0 Å². The average Bonchev–Trinajstić information content (AvgIpc) is 1.55. The molecule has 0 saturated heterocycles. The zero-order chi connectivity index (χ0) is 66.2. The van der Waals surface area contributed by atoms with E-state index >= 15 is 0 Å². The van der Waals surface area contributed by atoms with E-state index in [0.717, 1.165) is 16.7 Å². The minimum atomic E-state index is 0.683. The number of para-hydroxylation sites is 5. The van der Waals surface area contributed by atoms with E-state index in [2.05, 4.69) is 311 Å². The van der Waals surface area contributed by atoms with Crippen molar-refractivity contribution in [2.75, 3.05) is 0 Å². The van der Waals surface area contributed by atoms with Crippen LogP contribution in [0.5, 0.6) is 0 Å². The van der Waals surface area contributed by atoms with Crippen molar-refractivity contribution >= 4 is 168 Å². The van der Waals surface area contributed by atoms with Crippen LogP contribution in [0.1, 0.15) is 22.3 Å². The maximum absolute atomic E-state index is 9.37. The zero-order valence-corrected chi connectivity index (χ0v) is 54.6. The molecule has 0 amide bonds. The largest absolute Gasteiger partial charge is 0.309 e. The van der Waals surface area contributed by atoms with Crippen LogP contribution in [0.4, 0.5) is 0 Å². The smallest absolute Gasteiger partial charge is 0.0991 e. The van der Waals surface area contributed by atoms with Gasteiger partial charge in [-0.05, 0) is 195 Å². The Labute approximate surface area is 572 Å². The topological polar surface area (TPSA) is 65.7 Å². The van der Waals surface area contributed by atoms with E-state index in [-0.39, 0.29) is 0 Å². The van der Waals surface area contributed by atoms with Gasteiger partial charge in [-0.2, -0.15) is 10.5 Å². The standard InChI is InChI=1S/C34H20N2.C31H20N2.C29H16N2/c1-2-10-23-21(9-1)19-27-26-13-5-8-16-31(26)36-32-18-17-22(20-28(32)33(23)34(27)36)35-29-14-6-3-11-24(29)25-12-4-7-15-30(25)35;1-18-13-20(17-32)14-19(2)29(18)22-11-12-28-26(16-22)30-23-8-4-3-7-21(23)15-25-24-9-5-6-10-27(24)33(28)31(25)30;30-17-18-9-11-19(12-10-18)20-13-14-27-25(15-20)28-22-6-2-1-5-21(22)16-24-23-7-3-4-8-26(23)31(27)29(24)28/h1-20H;3-16H,1-2H3;1-16H. The van der Waals surface area contributed by atoms with Gasteiger partial charge in [0.1, 0.15) is 0 Å². The first-order valence-corrected chi connectivity index (χ1v) is 34.2. The number of nitrogens with zero attached hydrogens (tertiary/aromatic N) is 6. The zero-order valence-electron chi connectivity index (χ0n) is 54.6. The number of nitriles is 2. The molecule has 0 aliphatic heterocycles. The molecule has 23 aromatic rings. The van der Waals surface area contributed by atoms with Crippen molar-refractivity contribution in [3.8, 4) is 40.1 Å². The molecule has 0 atom stereocenters. The quantitative estimate of drug-likeness (QED) is 0.177. The second-order valence-corrected chi connectivity index (χ2v) is 27.0. The Morgan fingerprint density at radius 1 is 0.240 bits per heavy atom. The Hall–Kier alpha value is -13.5. The summed E-state index contributed by atoms with van der Waals surface area (Å²) >= 11 is 0. The van der Waals surface area contributed by atoms with Crippen LogP contribution in [-0.2, 0) is 0 Å². The van der Waals surface area contributed by atoms with Gasteiger partial charge < -0.3 is 17.8 Å². The third-order valence-corrected chi connectivity index (χ3v) is 21.7. The van der Waals surface area contributed by atoms with Crippen LogP contribution in [0.15, 0.2) is 303 Å². The van der Waals surface area contributed by atoms with Crippen molar-refractivity contribution in [2.24, 2.45) is 0 Å². The first-order valence-electron chi connectivity index (χ1n) is 34.2. The van der Waals surface area contributed by atoms with Gasteiger partial charge in [-0.1, -0.05) is 188 Å². The third kappa shape index (κ3) is 7.76. The maximum Gasteiger partial charge on any atom is 0.0991 e. The molecule has 6 heteroatoms. The van der Waals surface area contributed by atoms with Gasteiger partial charge in [0.15, 0.2) is 0 Å². The number of hydrogen-bond donors (Lipinski definition) is 0. The van der Waals surface area contributed by atoms with E-state index in [1.54, 1.807) is 0 Å². The molecule has 0 radical (unpaired) electrons. The molecule has 7 heterocycles. The monoisotopic (exact) mass is 1270 g/mol. The molecule has 0 saturated carbocycles. The third-order valence-electron chi connectivity index (χ3n) is 21.7. The molecular weight excluding hydrogens is 1210 g/mol. The van der Waals surface area contributed by atoms with Gasteiger partial charge in [-0.15, -0.1) is 0 Å². The molecule has 0 fully saturated rings. The van der Waals surface area contributed by atoms with Crippen molar-refractivity contribution < 1.29 is 0 Å². The normalized spacial score (nSPS) is 12.1. The molecule has 0 unspecified atom stereocenters. The highest BCUT2D eigenvalue weighted by Gasteiger charge is 2.25. The van der Waals surface area contributed by atoms with Gasteiger partial charge in [-0.25, -0.2) is 0 Å². The molecule has 0 N–H and O–H groups in total. The Bertz CT molecular complexity index is 7430. The Morgan fingerprint density at radius 3 is 0.980 bits per heavy atom. The summed E-state index contributed by atoms with van der Waals surface area (Å²) in [6.07, 6.45) is 0. The van der Waals surface area contributed by atoms with Crippen molar-refractivity contribution in [1.29, 1.82) is 10.5 Å². The molecule has 7 aromatic heterocycles. The summed E-state index contributed by atoms with van der Waals surface area (Å²) in [5, 5.41) is 44.5. The summed E-state index contributed by atoms with van der Waals surface area (Å²) < 4.78 is 9.74. The van der Waals surface area contributed by atoms with E-state index < -0.39 is 0 Å². The first-order chi connectivity index (χ1) is 49.4. The van der Waals surface area contributed by atoms with Gasteiger partial charge in [0, 0.05) is 81.1 Å². The fraction of sp³-hybridized carbons (Fsp3) is 0.0213. The van der Waals surface area contributed by atoms with Gasteiger partial charge in [0.2, 0.25) is 0 Å². The minimum Gasteiger partial charge on any atom is -0.309 e. The fourth-order valence-electron chi connectivity index (χ4n) is 17.6. The van der Waals surface area contributed by atoms with Crippen molar-refractivity contribution in [2.45, 2.75) is 13.8 Å². The minimum absolute atomic E-state index is 0.683. The number of aryl methyl sites for hydroxylation is 2.